The number of nitrogens with zero attached hydrogens (tertiary/aromatic N) is 2. The first kappa shape index (κ1) is 38.9. The van der Waals surface area contributed by atoms with Gasteiger partial charge in [-0.15, -0.1) is 0 Å². The van der Waals surface area contributed by atoms with Crippen LogP contribution in [0.5, 0.6) is 11.5 Å². The van der Waals surface area contributed by atoms with Crippen molar-refractivity contribution in [3.8, 4) is 11.5 Å². The third kappa shape index (κ3) is 12.8. The molecule has 47 heavy (non-hydrogen) atoms. The quantitative estimate of drug-likeness (QED) is 0.0688. The lowest BCUT2D eigenvalue weighted by Crippen LogP contribution is -2.44. The van der Waals surface area contributed by atoms with Crippen LogP contribution in [0.2, 0.25) is 0 Å². The van der Waals surface area contributed by atoms with Crippen LogP contribution >= 0.6 is 0 Å². The molecular formula is C32H51N9O6. The van der Waals surface area contributed by atoms with Crippen LogP contribution in [0.1, 0.15) is 54.8 Å². The molecule has 2 aromatic rings. The number of carbonyl (C=O) groups excluding carboxylic acids is 4. The summed E-state index contributed by atoms with van der Waals surface area (Å²) in [6, 6.07) is 8.86. The number of nitrogens with two attached hydrogens (primary N) is 2. The Balaban J connectivity index is 2.05. The highest BCUT2D eigenvalue weighted by molar-refractivity contribution is 6.04. The smallest absolute Gasteiger partial charge is 0.255 e. The monoisotopic (exact) mass is 657 g/mol. The van der Waals surface area contributed by atoms with Crippen LogP contribution in [0.15, 0.2) is 36.4 Å². The average Bonchev–Trinajstić information content (AvgIpc) is 3.06. The Labute approximate surface area is 276 Å². The fourth-order valence-corrected chi connectivity index (χ4v) is 4.71. The maximum atomic E-state index is 13.0. The van der Waals surface area contributed by atoms with E-state index in [1.807, 2.05) is 11.8 Å². The molecule has 0 fully saturated rings. The molecule has 0 bridgehead atoms. The molecule has 0 unspecified atom stereocenters. The molecular weight excluding hydrogens is 606 g/mol. The van der Waals surface area contributed by atoms with Crippen LogP contribution in [0.25, 0.3) is 0 Å². The van der Waals surface area contributed by atoms with Crippen molar-refractivity contribution in [3.05, 3.63) is 58.7 Å². The lowest BCUT2D eigenvalue weighted by atomic mass is 10.1. The maximum Gasteiger partial charge on any atom is 0.255 e. The van der Waals surface area contributed by atoms with E-state index >= 15 is 0 Å². The van der Waals surface area contributed by atoms with E-state index in [-0.39, 0.29) is 41.1 Å². The van der Waals surface area contributed by atoms with Crippen molar-refractivity contribution in [1.82, 2.24) is 36.4 Å². The number of phenolic OH excluding ortho intramolecular Hbond substituents is 2. The summed E-state index contributed by atoms with van der Waals surface area (Å²) in [7, 11) is 1.76. The van der Waals surface area contributed by atoms with Gasteiger partial charge in [0.25, 0.3) is 23.6 Å². The Bertz CT molecular complexity index is 1300. The average molecular weight is 658 g/mol. The Morgan fingerprint density at radius 1 is 0.574 bits per heavy atom. The molecule has 15 heteroatoms. The molecule has 0 radical (unpaired) electrons. The predicted molar refractivity (Wildman–Crippen MR) is 181 cm³/mol. The third-order valence-corrected chi connectivity index (χ3v) is 7.30. The zero-order valence-electron chi connectivity index (χ0n) is 27.4. The van der Waals surface area contributed by atoms with Gasteiger partial charge in [0.05, 0.1) is 22.3 Å². The van der Waals surface area contributed by atoms with Gasteiger partial charge < -0.3 is 48.3 Å². The Hall–Kier alpha value is -4.28. The molecule has 2 rings (SSSR count). The van der Waals surface area contributed by atoms with Crippen molar-refractivity contribution in [2.45, 2.75) is 13.3 Å². The fraction of sp³-hybridized carbons (Fsp3) is 0.500. The van der Waals surface area contributed by atoms with Crippen molar-refractivity contribution in [1.29, 1.82) is 0 Å². The highest BCUT2D eigenvalue weighted by Gasteiger charge is 2.20. The van der Waals surface area contributed by atoms with E-state index < -0.39 is 29.4 Å². The minimum Gasteiger partial charge on any atom is -0.506 e. The summed E-state index contributed by atoms with van der Waals surface area (Å²) in [5.41, 5.74) is 11.5. The van der Waals surface area contributed by atoms with Crippen LogP contribution in [0.4, 0.5) is 0 Å². The molecule has 2 aromatic carbocycles. The zero-order chi connectivity index (χ0) is 34.6. The lowest BCUT2D eigenvalue weighted by molar-refractivity contribution is 0.0933. The summed E-state index contributed by atoms with van der Waals surface area (Å²) in [6.45, 7) is 8.03. The van der Waals surface area contributed by atoms with Crippen LogP contribution < -0.4 is 38.1 Å². The van der Waals surface area contributed by atoms with Crippen LogP contribution in [-0.4, -0.2) is 136 Å². The summed E-state index contributed by atoms with van der Waals surface area (Å²) in [6.07, 6.45) is 0.731. The van der Waals surface area contributed by atoms with Gasteiger partial charge in [-0.1, -0.05) is 19.1 Å². The Kier molecular flexibility index (Phi) is 17.8. The predicted octanol–water partition coefficient (Wildman–Crippen LogP) is -1.13. The van der Waals surface area contributed by atoms with E-state index in [4.69, 9.17) is 11.5 Å². The van der Waals surface area contributed by atoms with Crippen molar-refractivity contribution in [3.63, 3.8) is 0 Å². The topological polar surface area (TPSA) is 227 Å². The van der Waals surface area contributed by atoms with Crippen molar-refractivity contribution in [2.24, 2.45) is 11.5 Å². The van der Waals surface area contributed by atoms with Crippen LogP contribution in [0, 0.1) is 0 Å². The molecule has 0 aliphatic carbocycles. The minimum atomic E-state index is -0.535. The number of carbonyl (C=O) groups is 4. The largest absolute Gasteiger partial charge is 0.506 e. The van der Waals surface area contributed by atoms with Gasteiger partial charge in [-0.25, -0.2) is 0 Å². The summed E-state index contributed by atoms with van der Waals surface area (Å²) in [4.78, 5) is 54.9. The number of likely N-dealkylation sites (N-methyl/N-ethyl adjacent to an activating group) is 1. The van der Waals surface area contributed by atoms with Crippen LogP contribution in [0.3, 0.4) is 0 Å². The summed E-state index contributed by atoms with van der Waals surface area (Å²) >= 11 is 0. The van der Waals surface area contributed by atoms with Crippen LogP contribution in [-0.2, 0) is 0 Å². The molecule has 4 amide bonds. The highest BCUT2D eigenvalue weighted by Crippen LogP contribution is 2.23. The number of hydrogen-bond donors (Lipinski definition) is 9. The molecule has 0 heterocycles. The molecule has 0 saturated carbocycles. The van der Waals surface area contributed by atoms with E-state index in [0.29, 0.717) is 72.0 Å². The fourth-order valence-electron chi connectivity index (χ4n) is 4.71. The number of phenols is 2. The number of rotatable bonds is 22. The molecule has 260 valence electrons. The first-order valence-corrected chi connectivity index (χ1v) is 15.9. The van der Waals surface area contributed by atoms with E-state index in [1.165, 1.54) is 36.4 Å². The summed E-state index contributed by atoms with van der Waals surface area (Å²) in [5.74, 6) is -2.80. The molecule has 0 saturated heterocycles. The first-order valence-electron chi connectivity index (χ1n) is 15.9. The van der Waals surface area contributed by atoms with E-state index in [2.05, 4.69) is 31.5 Å². The molecule has 0 aliphatic heterocycles. The number of amides is 4. The van der Waals surface area contributed by atoms with Gasteiger partial charge in [0.1, 0.15) is 11.5 Å². The lowest BCUT2D eigenvalue weighted by Gasteiger charge is -2.27. The van der Waals surface area contributed by atoms with Gasteiger partial charge >= 0.3 is 0 Å². The minimum absolute atomic E-state index is 0.00387. The standard InChI is InChI=1S/C32H51N9O6/c1-3-12-36-29(44)23-6-4-8-25(27(23)42)31(46)38-15-19-41(22-21-40(17-10-33)18-11-34)20-16-39-32(47)26-9-5-7-24(28(26)43)30(45)37-14-13-35-2/h4-9,35,42-43H,3,10-22,33-34H2,1-2H3,(H,36,44)(H,37,45)(H,38,46)(H,39,47). The molecule has 15 nitrogen and oxygen atoms in total. The Morgan fingerprint density at radius 3 is 1.30 bits per heavy atom. The molecule has 0 aliphatic rings. The molecule has 11 N–H and O–H groups in total. The van der Waals surface area contributed by atoms with E-state index in [1.54, 1.807) is 7.05 Å². The molecule has 0 aromatic heterocycles. The molecule has 0 spiro atoms. The summed E-state index contributed by atoms with van der Waals surface area (Å²) in [5, 5.41) is 35.2. The second kappa shape index (κ2) is 21.5. The Morgan fingerprint density at radius 2 is 0.936 bits per heavy atom. The first-order chi connectivity index (χ1) is 22.7. The van der Waals surface area contributed by atoms with Crippen molar-refractivity contribution < 1.29 is 29.4 Å². The third-order valence-electron chi connectivity index (χ3n) is 7.30. The number of hydrogen-bond acceptors (Lipinski definition) is 11. The van der Waals surface area contributed by atoms with E-state index in [9.17, 15) is 29.4 Å². The van der Waals surface area contributed by atoms with Gasteiger partial charge in [0, 0.05) is 85.1 Å². The van der Waals surface area contributed by atoms with Crippen molar-refractivity contribution in [2.75, 3.05) is 92.1 Å². The zero-order valence-corrected chi connectivity index (χ0v) is 27.4. The molecule has 0 atom stereocenters. The number of para-hydroxylation sites is 2. The second-order valence-electron chi connectivity index (χ2n) is 10.8. The van der Waals surface area contributed by atoms with Gasteiger partial charge in [-0.2, -0.15) is 0 Å². The normalized spacial score (nSPS) is 11.0. The van der Waals surface area contributed by atoms with Gasteiger partial charge in [-0.05, 0) is 37.7 Å². The van der Waals surface area contributed by atoms with E-state index in [0.717, 1.165) is 6.42 Å². The SMILES string of the molecule is CCCNC(=O)c1cccc(C(=O)NCCN(CCNC(=O)c2cccc(C(=O)NCCNC)c2O)CCN(CCN)CCN)c1O. The number of benzene rings is 2. The number of aromatic hydroxyl groups is 2. The van der Waals surface area contributed by atoms with Crippen molar-refractivity contribution >= 4 is 23.6 Å². The second-order valence-corrected chi connectivity index (χ2v) is 10.8. The van der Waals surface area contributed by atoms with Gasteiger partial charge in [0.2, 0.25) is 0 Å². The maximum absolute atomic E-state index is 13.0. The summed E-state index contributed by atoms with van der Waals surface area (Å²) < 4.78 is 0. The number of nitrogens with one attached hydrogen (secondary N) is 5. The van der Waals surface area contributed by atoms with Gasteiger partial charge in [0.15, 0.2) is 0 Å². The van der Waals surface area contributed by atoms with Gasteiger partial charge in [-0.3, -0.25) is 29.0 Å². The highest BCUT2D eigenvalue weighted by atomic mass is 16.3.